The zero-order chi connectivity index (χ0) is 10.4. The normalized spacial score (nSPS) is 18.9. The molecule has 0 aromatic carbocycles. The molecular formula is C8H17N5O. The maximum absolute atomic E-state index is 11.1. The van der Waals surface area contributed by atoms with E-state index in [4.69, 9.17) is 5.84 Å². The third kappa shape index (κ3) is 2.88. The third-order valence-corrected chi connectivity index (χ3v) is 2.05. The molecule has 0 unspecified atom stereocenters. The van der Waals surface area contributed by atoms with Crippen LogP contribution in [-0.2, 0) is 4.79 Å². The number of nitrogens with two attached hydrogens (primary N) is 1. The van der Waals surface area contributed by atoms with Gasteiger partial charge in [0.05, 0.1) is 0 Å². The minimum Gasteiger partial charge on any atom is -0.354 e. The first-order valence-corrected chi connectivity index (χ1v) is 4.80. The van der Waals surface area contributed by atoms with Crippen molar-refractivity contribution >= 4 is 11.9 Å². The summed E-state index contributed by atoms with van der Waals surface area (Å²) >= 11 is 0. The second kappa shape index (κ2) is 5.43. The van der Waals surface area contributed by atoms with E-state index in [1.807, 2.05) is 11.8 Å². The van der Waals surface area contributed by atoms with Gasteiger partial charge >= 0.3 is 0 Å². The molecule has 1 heterocycles. The number of carbonyl (C=O) groups excluding carboxylic acids is 1. The Hall–Kier alpha value is -1.30. The zero-order valence-electron chi connectivity index (χ0n) is 8.42. The number of amides is 1. The predicted octanol–water partition coefficient (Wildman–Crippen LogP) is -1.35. The standard InChI is InChI=1S/C8H17N5O/c1-2-10-8(12-9)13-5-3-7(14)11-4-6-13/h2-6,9H2,1H3,(H,10,12)(H,11,14). The molecule has 0 radical (unpaired) electrons. The second-order valence-electron chi connectivity index (χ2n) is 3.03. The summed E-state index contributed by atoms with van der Waals surface area (Å²) in [4.78, 5) is 17.2. The lowest BCUT2D eigenvalue weighted by atomic mass is 10.4. The minimum absolute atomic E-state index is 0.0837. The van der Waals surface area contributed by atoms with Crippen molar-refractivity contribution in [3.63, 3.8) is 0 Å². The predicted molar refractivity (Wildman–Crippen MR) is 54.5 cm³/mol. The van der Waals surface area contributed by atoms with Crippen LogP contribution in [0.2, 0.25) is 0 Å². The number of carbonyl (C=O) groups is 1. The van der Waals surface area contributed by atoms with Gasteiger partial charge in [0.2, 0.25) is 11.9 Å². The minimum atomic E-state index is 0.0837. The van der Waals surface area contributed by atoms with Gasteiger partial charge in [0.1, 0.15) is 0 Å². The van der Waals surface area contributed by atoms with Crippen LogP contribution in [0.4, 0.5) is 0 Å². The molecule has 0 bridgehead atoms. The van der Waals surface area contributed by atoms with Gasteiger partial charge in [-0.05, 0) is 6.92 Å². The molecule has 0 aromatic heterocycles. The molecule has 6 heteroatoms. The lowest BCUT2D eigenvalue weighted by Crippen LogP contribution is -2.46. The van der Waals surface area contributed by atoms with Gasteiger partial charge in [-0.3, -0.25) is 15.2 Å². The summed E-state index contributed by atoms with van der Waals surface area (Å²) < 4.78 is 0. The second-order valence-corrected chi connectivity index (χ2v) is 3.03. The van der Waals surface area contributed by atoms with E-state index in [1.165, 1.54) is 0 Å². The summed E-state index contributed by atoms with van der Waals surface area (Å²) in [5.74, 6) is 6.09. The van der Waals surface area contributed by atoms with E-state index < -0.39 is 0 Å². The first-order valence-electron chi connectivity index (χ1n) is 4.80. The number of hydrogen-bond donors (Lipinski definition) is 3. The molecule has 1 rings (SSSR count). The molecule has 1 amide bonds. The summed E-state index contributed by atoms with van der Waals surface area (Å²) in [7, 11) is 0. The lowest BCUT2D eigenvalue weighted by molar-refractivity contribution is -0.120. The monoisotopic (exact) mass is 199 g/mol. The Balaban J connectivity index is 2.57. The van der Waals surface area contributed by atoms with Crippen molar-refractivity contribution in [2.75, 3.05) is 26.2 Å². The Morgan fingerprint density at radius 1 is 1.71 bits per heavy atom. The molecule has 14 heavy (non-hydrogen) atoms. The number of hydrazine groups is 1. The Morgan fingerprint density at radius 3 is 3.14 bits per heavy atom. The van der Waals surface area contributed by atoms with Gasteiger partial charge in [-0.25, -0.2) is 5.84 Å². The fourth-order valence-electron chi connectivity index (χ4n) is 1.37. The molecule has 0 spiro atoms. The average Bonchev–Trinajstić information content (AvgIpc) is 2.40. The Bertz CT molecular complexity index is 228. The van der Waals surface area contributed by atoms with E-state index in [9.17, 15) is 4.79 Å². The lowest BCUT2D eigenvalue weighted by Gasteiger charge is -2.22. The van der Waals surface area contributed by atoms with Gasteiger partial charge in [-0.2, -0.15) is 0 Å². The number of nitrogens with one attached hydrogen (secondary N) is 2. The molecular weight excluding hydrogens is 182 g/mol. The number of hydrogen-bond acceptors (Lipinski definition) is 3. The quantitative estimate of drug-likeness (QED) is 0.211. The SMILES string of the molecule is CCN=C(NN)N1CCNC(=O)CC1. The summed E-state index contributed by atoms with van der Waals surface area (Å²) in [6.45, 7) is 4.67. The molecule has 1 saturated heterocycles. The van der Waals surface area contributed by atoms with Crippen molar-refractivity contribution < 1.29 is 4.79 Å². The molecule has 6 nitrogen and oxygen atoms in total. The van der Waals surface area contributed by atoms with Crippen LogP contribution < -0.4 is 16.6 Å². The van der Waals surface area contributed by atoms with Gasteiger partial charge in [-0.1, -0.05) is 0 Å². The van der Waals surface area contributed by atoms with Gasteiger partial charge in [0.15, 0.2) is 0 Å². The van der Waals surface area contributed by atoms with Crippen LogP contribution in [0.1, 0.15) is 13.3 Å². The van der Waals surface area contributed by atoms with Gasteiger partial charge in [-0.15, -0.1) is 0 Å². The molecule has 1 aliphatic rings. The van der Waals surface area contributed by atoms with Crippen LogP contribution in [0.15, 0.2) is 4.99 Å². The Morgan fingerprint density at radius 2 is 2.50 bits per heavy atom. The van der Waals surface area contributed by atoms with E-state index in [0.29, 0.717) is 32.0 Å². The van der Waals surface area contributed by atoms with Crippen molar-refractivity contribution in [2.24, 2.45) is 10.8 Å². The smallest absolute Gasteiger partial charge is 0.221 e. The zero-order valence-corrected chi connectivity index (χ0v) is 8.42. The van der Waals surface area contributed by atoms with Crippen molar-refractivity contribution in [3.05, 3.63) is 0 Å². The van der Waals surface area contributed by atoms with Gasteiger partial charge in [0.25, 0.3) is 0 Å². The maximum atomic E-state index is 11.1. The highest BCUT2D eigenvalue weighted by molar-refractivity contribution is 5.81. The fraction of sp³-hybridized carbons (Fsp3) is 0.750. The van der Waals surface area contributed by atoms with Crippen molar-refractivity contribution in [1.29, 1.82) is 0 Å². The first kappa shape index (κ1) is 10.8. The average molecular weight is 199 g/mol. The largest absolute Gasteiger partial charge is 0.354 e. The highest BCUT2D eigenvalue weighted by Gasteiger charge is 2.15. The third-order valence-electron chi connectivity index (χ3n) is 2.05. The van der Waals surface area contributed by atoms with Crippen molar-refractivity contribution in [3.8, 4) is 0 Å². The van der Waals surface area contributed by atoms with Crippen molar-refractivity contribution in [2.45, 2.75) is 13.3 Å². The van der Waals surface area contributed by atoms with Crippen LogP contribution >= 0.6 is 0 Å². The van der Waals surface area contributed by atoms with E-state index in [0.717, 1.165) is 6.54 Å². The summed E-state index contributed by atoms with van der Waals surface area (Å²) in [6.07, 6.45) is 0.490. The summed E-state index contributed by atoms with van der Waals surface area (Å²) in [6, 6.07) is 0. The molecule has 0 aliphatic carbocycles. The van der Waals surface area contributed by atoms with Crippen LogP contribution in [0.5, 0.6) is 0 Å². The van der Waals surface area contributed by atoms with E-state index in [-0.39, 0.29) is 5.91 Å². The van der Waals surface area contributed by atoms with Gasteiger partial charge < -0.3 is 10.2 Å². The Kier molecular flexibility index (Phi) is 4.18. The van der Waals surface area contributed by atoms with E-state index in [2.05, 4.69) is 15.7 Å². The number of guanidine groups is 1. The maximum Gasteiger partial charge on any atom is 0.221 e. The number of rotatable bonds is 1. The van der Waals surface area contributed by atoms with Crippen LogP contribution in [0.25, 0.3) is 0 Å². The molecule has 0 aromatic rings. The van der Waals surface area contributed by atoms with Crippen molar-refractivity contribution in [1.82, 2.24) is 15.6 Å². The molecule has 4 N–H and O–H groups in total. The highest BCUT2D eigenvalue weighted by atomic mass is 16.1. The Labute approximate surface area is 83.5 Å². The van der Waals surface area contributed by atoms with E-state index >= 15 is 0 Å². The van der Waals surface area contributed by atoms with Crippen LogP contribution in [-0.4, -0.2) is 42.9 Å². The van der Waals surface area contributed by atoms with Crippen LogP contribution in [0.3, 0.4) is 0 Å². The fourth-order valence-corrected chi connectivity index (χ4v) is 1.37. The number of aliphatic imine (C=N–C) groups is 1. The summed E-state index contributed by atoms with van der Waals surface area (Å²) in [5.41, 5.74) is 2.55. The topological polar surface area (TPSA) is 82.8 Å². The highest BCUT2D eigenvalue weighted by Crippen LogP contribution is 1.96. The molecule has 0 saturated carbocycles. The molecule has 0 atom stereocenters. The van der Waals surface area contributed by atoms with Gasteiger partial charge in [0, 0.05) is 32.6 Å². The number of nitrogens with zero attached hydrogens (tertiary/aromatic N) is 2. The first-order chi connectivity index (χ1) is 6.77. The molecule has 1 fully saturated rings. The molecule has 80 valence electrons. The van der Waals surface area contributed by atoms with Crippen LogP contribution in [0, 0.1) is 0 Å². The summed E-state index contributed by atoms with van der Waals surface area (Å²) in [5, 5.41) is 2.79. The van der Waals surface area contributed by atoms with E-state index in [1.54, 1.807) is 0 Å². The molecule has 1 aliphatic heterocycles.